The number of rotatable bonds is 4. The molecule has 0 spiro atoms. The van der Waals surface area contributed by atoms with E-state index in [-0.39, 0.29) is 31.2 Å². The Morgan fingerprint density at radius 2 is 1.95 bits per heavy atom. The van der Waals surface area contributed by atoms with Crippen LogP contribution in [-0.4, -0.2) is 38.0 Å². The van der Waals surface area contributed by atoms with Crippen LogP contribution in [0.2, 0.25) is 0 Å². The van der Waals surface area contributed by atoms with Crippen LogP contribution >= 0.6 is 0 Å². The van der Waals surface area contributed by atoms with E-state index in [4.69, 9.17) is 5.26 Å². The van der Waals surface area contributed by atoms with Crippen molar-refractivity contribution in [3.63, 3.8) is 0 Å². The second-order valence-electron chi connectivity index (χ2n) is 4.94. The topological polar surface area (TPSA) is 91.9 Å². The third-order valence-electron chi connectivity index (χ3n) is 3.56. The number of likely N-dealkylation sites (tertiary alicyclic amines) is 1. The monoisotopic (exact) mass is 295 g/mol. The average Bonchev–Trinajstić information content (AvgIpc) is 3.13. The molecule has 7 heteroatoms. The summed E-state index contributed by atoms with van der Waals surface area (Å²) in [6.07, 6.45) is 1.99. The van der Waals surface area contributed by atoms with Gasteiger partial charge in [0, 0.05) is 24.9 Å². The molecule has 1 aliphatic rings. The SMILES string of the molecule is N#Cc1cccc(-c2ncnn2CCN2C(=O)CCC2=O)c1. The minimum Gasteiger partial charge on any atom is -0.281 e. The van der Waals surface area contributed by atoms with Crippen molar-refractivity contribution in [2.75, 3.05) is 6.54 Å². The number of nitriles is 1. The maximum Gasteiger partial charge on any atom is 0.229 e. The van der Waals surface area contributed by atoms with Gasteiger partial charge in [-0.25, -0.2) is 9.67 Å². The van der Waals surface area contributed by atoms with Crippen molar-refractivity contribution < 1.29 is 9.59 Å². The van der Waals surface area contributed by atoms with E-state index in [2.05, 4.69) is 16.2 Å². The Hall–Kier alpha value is -3.01. The molecule has 2 heterocycles. The van der Waals surface area contributed by atoms with E-state index in [0.717, 1.165) is 5.56 Å². The van der Waals surface area contributed by atoms with Crippen molar-refractivity contribution in [3.05, 3.63) is 36.2 Å². The van der Waals surface area contributed by atoms with Crippen molar-refractivity contribution >= 4 is 11.8 Å². The molecule has 2 amide bonds. The summed E-state index contributed by atoms with van der Waals surface area (Å²) in [4.78, 5) is 28.7. The van der Waals surface area contributed by atoms with Gasteiger partial charge in [0.2, 0.25) is 11.8 Å². The molecular weight excluding hydrogens is 282 g/mol. The molecule has 2 aromatic rings. The summed E-state index contributed by atoms with van der Waals surface area (Å²) in [5, 5.41) is 13.1. The smallest absolute Gasteiger partial charge is 0.229 e. The molecule has 0 atom stereocenters. The summed E-state index contributed by atoms with van der Waals surface area (Å²) < 4.78 is 1.63. The summed E-state index contributed by atoms with van der Waals surface area (Å²) in [6, 6.07) is 9.14. The fourth-order valence-electron chi connectivity index (χ4n) is 2.45. The van der Waals surface area contributed by atoms with Crippen LogP contribution in [0.1, 0.15) is 18.4 Å². The Balaban J connectivity index is 1.79. The molecule has 1 aromatic carbocycles. The lowest BCUT2D eigenvalue weighted by molar-refractivity contribution is -0.138. The van der Waals surface area contributed by atoms with E-state index in [9.17, 15) is 9.59 Å². The Bertz CT molecular complexity index is 758. The van der Waals surface area contributed by atoms with Gasteiger partial charge in [-0.3, -0.25) is 14.5 Å². The van der Waals surface area contributed by atoms with Gasteiger partial charge >= 0.3 is 0 Å². The summed E-state index contributed by atoms with van der Waals surface area (Å²) in [6.45, 7) is 0.662. The van der Waals surface area contributed by atoms with Gasteiger partial charge in [0.1, 0.15) is 6.33 Å². The molecule has 1 aromatic heterocycles. The normalized spacial score (nSPS) is 14.4. The third kappa shape index (κ3) is 2.59. The Morgan fingerprint density at radius 1 is 1.18 bits per heavy atom. The molecule has 1 fully saturated rings. The molecule has 3 rings (SSSR count). The Kier molecular flexibility index (Phi) is 3.66. The van der Waals surface area contributed by atoms with E-state index >= 15 is 0 Å². The zero-order chi connectivity index (χ0) is 15.5. The number of aromatic nitrogens is 3. The number of amides is 2. The van der Waals surface area contributed by atoms with Gasteiger partial charge < -0.3 is 0 Å². The highest BCUT2D eigenvalue weighted by Crippen LogP contribution is 2.18. The minimum atomic E-state index is -0.141. The standard InChI is InChI=1S/C15H13N5O2/c16-9-11-2-1-3-12(8-11)15-17-10-18-20(15)7-6-19-13(21)4-5-14(19)22/h1-3,8,10H,4-7H2. The summed E-state index contributed by atoms with van der Waals surface area (Å²) in [5.41, 5.74) is 1.31. The number of benzene rings is 1. The lowest BCUT2D eigenvalue weighted by Gasteiger charge is -2.14. The average molecular weight is 295 g/mol. The molecule has 0 aliphatic carbocycles. The third-order valence-corrected chi connectivity index (χ3v) is 3.56. The maximum atomic E-state index is 11.6. The lowest BCUT2D eigenvalue weighted by Crippen LogP contribution is -2.32. The Morgan fingerprint density at radius 3 is 2.68 bits per heavy atom. The van der Waals surface area contributed by atoms with Crippen molar-refractivity contribution in [3.8, 4) is 17.5 Å². The molecule has 0 unspecified atom stereocenters. The second kappa shape index (κ2) is 5.77. The number of nitrogens with zero attached hydrogens (tertiary/aromatic N) is 5. The minimum absolute atomic E-state index is 0.141. The molecular formula is C15H13N5O2. The molecule has 0 radical (unpaired) electrons. The molecule has 0 bridgehead atoms. The van der Waals surface area contributed by atoms with Gasteiger partial charge in [0.15, 0.2) is 5.82 Å². The van der Waals surface area contributed by atoms with E-state index in [0.29, 0.717) is 17.9 Å². The number of imide groups is 1. The van der Waals surface area contributed by atoms with Gasteiger partial charge in [-0.2, -0.15) is 10.4 Å². The van der Waals surface area contributed by atoms with Crippen molar-refractivity contribution in [1.29, 1.82) is 5.26 Å². The van der Waals surface area contributed by atoms with Crippen LogP contribution in [0, 0.1) is 11.3 Å². The molecule has 0 N–H and O–H groups in total. The molecule has 7 nitrogen and oxygen atoms in total. The highest BCUT2D eigenvalue weighted by molar-refractivity contribution is 6.01. The second-order valence-corrected chi connectivity index (χ2v) is 4.94. The summed E-state index contributed by atoms with van der Waals surface area (Å²) >= 11 is 0. The van der Waals surface area contributed by atoms with Crippen LogP contribution in [-0.2, 0) is 16.1 Å². The Labute approximate surface area is 126 Å². The van der Waals surface area contributed by atoms with Crippen molar-refractivity contribution in [1.82, 2.24) is 19.7 Å². The predicted molar refractivity (Wildman–Crippen MR) is 76.1 cm³/mol. The first-order chi connectivity index (χ1) is 10.7. The zero-order valence-corrected chi connectivity index (χ0v) is 11.8. The highest BCUT2D eigenvalue weighted by atomic mass is 16.2. The number of carbonyl (C=O) groups is 2. The largest absolute Gasteiger partial charge is 0.281 e. The van der Waals surface area contributed by atoms with Gasteiger partial charge in [-0.15, -0.1) is 0 Å². The first-order valence-electron chi connectivity index (χ1n) is 6.90. The van der Waals surface area contributed by atoms with Crippen LogP contribution in [0.15, 0.2) is 30.6 Å². The van der Waals surface area contributed by atoms with E-state index in [1.807, 2.05) is 6.07 Å². The van der Waals surface area contributed by atoms with Gasteiger partial charge in [0.25, 0.3) is 0 Å². The van der Waals surface area contributed by atoms with E-state index in [1.54, 1.807) is 22.9 Å². The van der Waals surface area contributed by atoms with Crippen molar-refractivity contribution in [2.24, 2.45) is 0 Å². The maximum absolute atomic E-state index is 11.6. The van der Waals surface area contributed by atoms with Crippen LogP contribution in [0.3, 0.4) is 0 Å². The first-order valence-corrected chi connectivity index (χ1v) is 6.90. The molecule has 1 saturated heterocycles. The molecule has 1 aliphatic heterocycles. The molecule has 22 heavy (non-hydrogen) atoms. The zero-order valence-electron chi connectivity index (χ0n) is 11.8. The first kappa shape index (κ1) is 13.9. The van der Waals surface area contributed by atoms with Crippen molar-refractivity contribution in [2.45, 2.75) is 19.4 Å². The number of hydrogen-bond acceptors (Lipinski definition) is 5. The molecule has 110 valence electrons. The fourth-order valence-corrected chi connectivity index (χ4v) is 2.45. The van der Waals surface area contributed by atoms with Crippen LogP contribution in [0.25, 0.3) is 11.4 Å². The summed E-state index contributed by atoms with van der Waals surface area (Å²) in [7, 11) is 0. The predicted octanol–water partition coefficient (Wildman–Crippen LogP) is 0.966. The van der Waals surface area contributed by atoms with E-state index in [1.165, 1.54) is 11.2 Å². The summed E-state index contributed by atoms with van der Waals surface area (Å²) in [5.74, 6) is 0.326. The lowest BCUT2D eigenvalue weighted by atomic mass is 10.1. The molecule has 0 saturated carbocycles. The highest BCUT2D eigenvalue weighted by Gasteiger charge is 2.28. The van der Waals surface area contributed by atoms with Gasteiger partial charge in [-0.1, -0.05) is 12.1 Å². The quantitative estimate of drug-likeness (QED) is 0.784. The number of carbonyl (C=O) groups excluding carboxylic acids is 2. The van der Waals surface area contributed by atoms with Gasteiger partial charge in [0.05, 0.1) is 18.2 Å². The van der Waals surface area contributed by atoms with Crippen LogP contribution in [0.4, 0.5) is 0 Å². The van der Waals surface area contributed by atoms with Crippen LogP contribution in [0.5, 0.6) is 0 Å². The van der Waals surface area contributed by atoms with Crippen LogP contribution < -0.4 is 0 Å². The van der Waals surface area contributed by atoms with E-state index < -0.39 is 0 Å². The fraction of sp³-hybridized carbons (Fsp3) is 0.267. The number of hydrogen-bond donors (Lipinski definition) is 0. The van der Waals surface area contributed by atoms with Gasteiger partial charge in [-0.05, 0) is 12.1 Å².